The summed E-state index contributed by atoms with van der Waals surface area (Å²) in [5.41, 5.74) is 2.61. The van der Waals surface area contributed by atoms with Crippen LogP contribution in [0.1, 0.15) is 25.7 Å². The average Bonchev–Trinajstić information content (AvgIpc) is 2.29. The molecule has 0 saturated carbocycles. The van der Waals surface area contributed by atoms with E-state index in [2.05, 4.69) is 16.7 Å². The van der Waals surface area contributed by atoms with Crippen molar-refractivity contribution < 1.29 is 14.7 Å². The zero-order valence-electron chi connectivity index (χ0n) is 9.61. The highest BCUT2D eigenvalue weighted by atomic mass is 16.4. The number of carboxylic acid groups (broad SMARTS) is 1. The quantitative estimate of drug-likeness (QED) is 0.610. The van der Waals surface area contributed by atoms with Gasteiger partial charge in [0.05, 0.1) is 0 Å². The number of nitrogens with one attached hydrogen (secondary N) is 2. The Balaban J connectivity index is 2.36. The summed E-state index contributed by atoms with van der Waals surface area (Å²) in [5, 5.41) is 12.9. The van der Waals surface area contributed by atoms with E-state index in [0.717, 1.165) is 32.4 Å². The molecule has 0 bridgehead atoms. The lowest BCUT2D eigenvalue weighted by molar-refractivity contribution is -0.139. The summed E-state index contributed by atoms with van der Waals surface area (Å²) in [4.78, 5) is 22.3. The molecule has 1 fully saturated rings. The molecule has 1 aliphatic heterocycles. The minimum atomic E-state index is -1.13. The van der Waals surface area contributed by atoms with Gasteiger partial charge >= 0.3 is 12.0 Å². The summed E-state index contributed by atoms with van der Waals surface area (Å²) in [6.07, 6.45) is 8.24. The van der Waals surface area contributed by atoms with E-state index in [9.17, 15) is 9.59 Å². The highest BCUT2D eigenvalue weighted by Crippen LogP contribution is 2.05. The second kappa shape index (κ2) is 6.76. The minimum Gasteiger partial charge on any atom is -0.480 e. The maximum Gasteiger partial charge on any atom is 0.330 e. The molecule has 1 unspecified atom stereocenters. The number of terminal acetylenes is 1. The van der Waals surface area contributed by atoms with Gasteiger partial charge in [-0.15, -0.1) is 12.3 Å². The Morgan fingerprint density at radius 2 is 2.00 bits per heavy atom. The van der Waals surface area contributed by atoms with Gasteiger partial charge in [-0.05, 0) is 12.8 Å². The third-order valence-electron chi connectivity index (χ3n) is 2.54. The molecule has 94 valence electrons. The number of carbonyl (C=O) groups is 2. The van der Waals surface area contributed by atoms with Crippen LogP contribution in [-0.2, 0) is 4.79 Å². The first-order chi connectivity index (χ1) is 8.13. The number of hydrogen-bond acceptors (Lipinski definition) is 3. The van der Waals surface area contributed by atoms with E-state index >= 15 is 0 Å². The molecule has 0 aromatic rings. The average molecular weight is 239 g/mol. The second-order valence-electron chi connectivity index (χ2n) is 3.93. The first-order valence-electron chi connectivity index (χ1n) is 5.62. The summed E-state index contributed by atoms with van der Waals surface area (Å²) < 4.78 is 0. The number of carbonyl (C=O) groups excluding carboxylic acids is 1. The number of piperidine rings is 1. The Morgan fingerprint density at radius 1 is 1.35 bits per heavy atom. The van der Waals surface area contributed by atoms with Crippen LogP contribution in [0.25, 0.3) is 0 Å². The molecule has 2 amide bonds. The van der Waals surface area contributed by atoms with Gasteiger partial charge in [-0.1, -0.05) is 6.42 Å². The standard InChI is InChI=1S/C11H17N3O3/c1-2-6-9(10(15)16)12-11(17)13-14-7-4-3-5-8-14/h1,9H,3-8H2,(H,15,16)(H2,12,13,17). The van der Waals surface area contributed by atoms with Crippen molar-refractivity contribution in [1.82, 2.24) is 15.8 Å². The first kappa shape index (κ1) is 13.3. The first-order valence-corrected chi connectivity index (χ1v) is 5.62. The van der Waals surface area contributed by atoms with Gasteiger partial charge in [0.2, 0.25) is 0 Å². The van der Waals surface area contributed by atoms with E-state index in [1.165, 1.54) is 0 Å². The molecule has 1 aliphatic rings. The van der Waals surface area contributed by atoms with Crippen LogP contribution in [0.5, 0.6) is 0 Å². The van der Waals surface area contributed by atoms with Crippen LogP contribution >= 0.6 is 0 Å². The number of carboxylic acids is 1. The molecule has 0 radical (unpaired) electrons. The van der Waals surface area contributed by atoms with E-state index in [1.54, 1.807) is 5.01 Å². The highest BCUT2D eigenvalue weighted by molar-refractivity contribution is 5.82. The van der Waals surface area contributed by atoms with Gasteiger partial charge in [-0.2, -0.15) is 0 Å². The molecule has 0 aliphatic carbocycles. The third-order valence-corrected chi connectivity index (χ3v) is 2.54. The van der Waals surface area contributed by atoms with Gasteiger partial charge in [0.15, 0.2) is 0 Å². The lowest BCUT2D eigenvalue weighted by Gasteiger charge is -2.27. The van der Waals surface area contributed by atoms with Crippen LogP contribution in [0, 0.1) is 12.3 Å². The fraction of sp³-hybridized carbons (Fsp3) is 0.636. The van der Waals surface area contributed by atoms with Crippen molar-refractivity contribution in [3.63, 3.8) is 0 Å². The number of aliphatic carboxylic acids is 1. The van der Waals surface area contributed by atoms with Crippen LogP contribution in [-0.4, -0.2) is 41.2 Å². The predicted molar refractivity (Wildman–Crippen MR) is 62.0 cm³/mol. The summed E-state index contributed by atoms with van der Waals surface area (Å²) in [5.74, 6) is 1.09. The zero-order valence-corrected chi connectivity index (χ0v) is 9.61. The number of rotatable bonds is 4. The molecule has 1 saturated heterocycles. The van der Waals surface area contributed by atoms with Gasteiger partial charge in [0.25, 0.3) is 0 Å². The van der Waals surface area contributed by atoms with Crippen molar-refractivity contribution in [2.24, 2.45) is 0 Å². The van der Waals surface area contributed by atoms with Crippen molar-refractivity contribution >= 4 is 12.0 Å². The third kappa shape index (κ3) is 4.74. The molecule has 17 heavy (non-hydrogen) atoms. The van der Waals surface area contributed by atoms with Crippen molar-refractivity contribution in [1.29, 1.82) is 0 Å². The van der Waals surface area contributed by atoms with Crippen LogP contribution in [0.4, 0.5) is 4.79 Å². The van der Waals surface area contributed by atoms with Crippen molar-refractivity contribution in [2.75, 3.05) is 13.1 Å². The Kier molecular flexibility index (Phi) is 5.30. The lowest BCUT2D eigenvalue weighted by Crippen LogP contribution is -2.53. The fourth-order valence-corrected chi connectivity index (χ4v) is 1.66. The van der Waals surface area contributed by atoms with Crippen molar-refractivity contribution in [3.05, 3.63) is 0 Å². The number of amides is 2. The van der Waals surface area contributed by atoms with Crippen LogP contribution in [0.2, 0.25) is 0 Å². The molecule has 6 nitrogen and oxygen atoms in total. The SMILES string of the molecule is C#CCC(NC(=O)NN1CCCCC1)C(=O)O. The van der Waals surface area contributed by atoms with E-state index in [4.69, 9.17) is 11.5 Å². The molecule has 1 rings (SSSR count). The molecule has 1 atom stereocenters. The fourth-order valence-electron chi connectivity index (χ4n) is 1.66. The number of urea groups is 1. The van der Waals surface area contributed by atoms with E-state index in [-0.39, 0.29) is 6.42 Å². The van der Waals surface area contributed by atoms with Gasteiger partial charge in [-0.3, -0.25) is 5.43 Å². The largest absolute Gasteiger partial charge is 0.480 e. The Morgan fingerprint density at radius 3 is 2.53 bits per heavy atom. The molecule has 6 heteroatoms. The molecular formula is C11H17N3O3. The summed E-state index contributed by atoms with van der Waals surface area (Å²) >= 11 is 0. The van der Waals surface area contributed by atoms with Gasteiger partial charge in [0.1, 0.15) is 6.04 Å². The van der Waals surface area contributed by atoms with E-state index in [0.29, 0.717) is 0 Å². The number of hydrazine groups is 1. The summed E-state index contributed by atoms with van der Waals surface area (Å²) in [6, 6.07) is -1.56. The Bertz CT molecular complexity index is 318. The maximum atomic E-state index is 11.5. The Labute approximate surface area is 100 Å². The molecule has 0 spiro atoms. The highest BCUT2D eigenvalue weighted by Gasteiger charge is 2.20. The van der Waals surface area contributed by atoms with Gasteiger partial charge in [0, 0.05) is 19.5 Å². The van der Waals surface area contributed by atoms with Crippen LogP contribution in [0.3, 0.4) is 0 Å². The zero-order chi connectivity index (χ0) is 12.7. The van der Waals surface area contributed by atoms with Crippen LogP contribution in [0.15, 0.2) is 0 Å². The van der Waals surface area contributed by atoms with E-state index in [1.807, 2.05) is 0 Å². The molecule has 3 N–H and O–H groups in total. The minimum absolute atomic E-state index is 0.0250. The molecule has 0 aromatic carbocycles. The smallest absolute Gasteiger partial charge is 0.330 e. The van der Waals surface area contributed by atoms with Crippen LogP contribution < -0.4 is 10.7 Å². The Hall–Kier alpha value is -1.74. The van der Waals surface area contributed by atoms with Crippen molar-refractivity contribution in [2.45, 2.75) is 31.7 Å². The molecule has 1 heterocycles. The summed E-state index contributed by atoms with van der Waals surface area (Å²) in [7, 11) is 0. The second-order valence-corrected chi connectivity index (χ2v) is 3.93. The number of hydrogen-bond donors (Lipinski definition) is 3. The summed E-state index contributed by atoms with van der Waals surface area (Å²) in [6.45, 7) is 1.58. The topological polar surface area (TPSA) is 81.7 Å². The van der Waals surface area contributed by atoms with Gasteiger partial charge in [-0.25, -0.2) is 14.6 Å². The molecule has 0 aromatic heterocycles. The maximum absolute atomic E-state index is 11.5. The lowest BCUT2D eigenvalue weighted by atomic mass is 10.2. The van der Waals surface area contributed by atoms with E-state index < -0.39 is 18.0 Å². The van der Waals surface area contributed by atoms with Crippen molar-refractivity contribution in [3.8, 4) is 12.3 Å². The number of nitrogens with zero attached hydrogens (tertiary/aromatic N) is 1. The van der Waals surface area contributed by atoms with Gasteiger partial charge < -0.3 is 10.4 Å². The normalized spacial score (nSPS) is 17.8. The molecular weight excluding hydrogens is 222 g/mol. The monoisotopic (exact) mass is 239 g/mol. The predicted octanol–water partition coefficient (Wildman–Crippen LogP) is 0.163.